The van der Waals surface area contributed by atoms with Crippen LogP contribution < -0.4 is 19.9 Å². The average Bonchev–Trinajstić information content (AvgIpc) is 3.19. The lowest BCUT2D eigenvalue weighted by Gasteiger charge is -2.29. The summed E-state index contributed by atoms with van der Waals surface area (Å²) < 4.78 is 16.8. The minimum absolute atomic E-state index is 0.0201. The maximum Gasteiger partial charge on any atom is 0.166 e. The monoisotopic (exact) mass is 283 g/mol. The van der Waals surface area contributed by atoms with Crippen LogP contribution in [-0.2, 0) is 5.41 Å². The summed E-state index contributed by atoms with van der Waals surface area (Å²) in [5.41, 5.74) is 7.02. The Hall–Kier alpha value is -1.13. The number of rotatable bonds is 3. The van der Waals surface area contributed by atoms with Gasteiger partial charge in [0.05, 0.1) is 12.1 Å². The smallest absolute Gasteiger partial charge is 0.166 e. The van der Waals surface area contributed by atoms with Gasteiger partial charge >= 0.3 is 0 Å². The lowest BCUT2D eigenvalue weighted by molar-refractivity contribution is 0.167. The molecule has 3 rings (SSSR count). The molecule has 1 saturated carbocycles. The van der Waals surface area contributed by atoms with Crippen LogP contribution in [0, 0.1) is 0 Å². The molecule has 2 aliphatic rings. The van der Waals surface area contributed by atoms with E-state index < -0.39 is 0 Å². The Morgan fingerprint density at radius 1 is 1.37 bits per heavy atom. The van der Waals surface area contributed by atoms with E-state index in [1.54, 1.807) is 13.2 Å². The van der Waals surface area contributed by atoms with Crippen molar-refractivity contribution in [3.8, 4) is 17.2 Å². The van der Waals surface area contributed by atoms with Crippen molar-refractivity contribution in [3.05, 3.63) is 16.7 Å². The fourth-order valence-corrected chi connectivity index (χ4v) is 3.21. The van der Waals surface area contributed by atoms with Gasteiger partial charge in [-0.1, -0.05) is 11.6 Å². The Bertz CT molecular complexity index is 512. The van der Waals surface area contributed by atoms with Gasteiger partial charge in [0.15, 0.2) is 11.5 Å². The Kier molecular flexibility index (Phi) is 3.02. The summed E-state index contributed by atoms with van der Waals surface area (Å²) in [6.07, 6.45) is 2.04. The third-order valence-electron chi connectivity index (χ3n) is 4.11. The normalized spacial score (nSPS) is 20.8. The van der Waals surface area contributed by atoms with Gasteiger partial charge in [0.2, 0.25) is 0 Å². The molecule has 1 aromatic rings. The molecule has 1 aliphatic carbocycles. The molecule has 5 heteroatoms. The molecule has 0 radical (unpaired) electrons. The number of benzene rings is 1. The molecule has 0 spiro atoms. The fourth-order valence-electron chi connectivity index (χ4n) is 2.80. The minimum atomic E-state index is -0.101. The van der Waals surface area contributed by atoms with Crippen molar-refractivity contribution in [2.75, 3.05) is 20.3 Å². The molecule has 0 aromatic heterocycles. The Labute approximate surface area is 117 Å². The van der Waals surface area contributed by atoms with Crippen molar-refractivity contribution in [1.29, 1.82) is 0 Å². The highest BCUT2D eigenvalue weighted by Gasteiger charge is 2.52. The van der Waals surface area contributed by atoms with Crippen LogP contribution in [0.4, 0.5) is 0 Å². The van der Waals surface area contributed by atoms with Crippen molar-refractivity contribution in [2.45, 2.75) is 31.2 Å². The first-order chi connectivity index (χ1) is 9.10. The van der Waals surface area contributed by atoms with Gasteiger partial charge < -0.3 is 19.9 Å². The minimum Gasteiger partial charge on any atom is -0.495 e. The molecule has 2 N–H and O–H groups in total. The van der Waals surface area contributed by atoms with Gasteiger partial charge in [-0.15, -0.1) is 0 Å². The van der Waals surface area contributed by atoms with E-state index in [2.05, 4.69) is 0 Å². The first kappa shape index (κ1) is 12.9. The zero-order valence-corrected chi connectivity index (χ0v) is 11.9. The van der Waals surface area contributed by atoms with Crippen LogP contribution >= 0.6 is 11.6 Å². The Balaban J connectivity index is 2.21. The van der Waals surface area contributed by atoms with Gasteiger partial charge in [0.25, 0.3) is 0 Å². The molecule has 104 valence electrons. The number of fused-ring (bicyclic) bond motifs is 1. The van der Waals surface area contributed by atoms with Gasteiger partial charge in [0, 0.05) is 23.1 Å². The SMILES string of the molecule is COc1cc2c(c(C3(C(C)N)CC3)c1Cl)OCCO2. The highest BCUT2D eigenvalue weighted by molar-refractivity contribution is 6.33. The summed E-state index contributed by atoms with van der Waals surface area (Å²) in [5, 5.41) is 0.599. The van der Waals surface area contributed by atoms with E-state index in [1.165, 1.54) is 0 Å². The molecule has 1 heterocycles. The average molecular weight is 284 g/mol. The topological polar surface area (TPSA) is 53.7 Å². The lowest BCUT2D eigenvalue weighted by Crippen LogP contribution is -2.33. The molecule has 1 aromatic carbocycles. The quantitative estimate of drug-likeness (QED) is 0.926. The Morgan fingerprint density at radius 2 is 2.05 bits per heavy atom. The van der Waals surface area contributed by atoms with Crippen LogP contribution in [0.15, 0.2) is 6.07 Å². The molecule has 0 amide bonds. The summed E-state index contributed by atoms with van der Waals surface area (Å²) in [4.78, 5) is 0. The zero-order valence-electron chi connectivity index (χ0n) is 11.2. The van der Waals surface area contributed by atoms with Gasteiger partial charge in [-0.05, 0) is 19.8 Å². The molecule has 4 nitrogen and oxygen atoms in total. The van der Waals surface area contributed by atoms with E-state index in [9.17, 15) is 0 Å². The number of halogens is 1. The largest absolute Gasteiger partial charge is 0.495 e. The summed E-state index contributed by atoms with van der Waals surface area (Å²) >= 11 is 6.50. The zero-order chi connectivity index (χ0) is 13.6. The summed E-state index contributed by atoms with van der Waals surface area (Å²) in [6, 6.07) is 1.81. The molecule has 1 fully saturated rings. The van der Waals surface area contributed by atoms with Gasteiger partial charge in [0.1, 0.15) is 19.0 Å². The van der Waals surface area contributed by atoms with Gasteiger partial charge in [-0.25, -0.2) is 0 Å². The third-order valence-corrected chi connectivity index (χ3v) is 4.49. The van der Waals surface area contributed by atoms with Crippen molar-refractivity contribution in [2.24, 2.45) is 5.73 Å². The second-order valence-corrected chi connectivity index (χ2v) is 5.61. The maximum absolute atomic E-state index is 6.50. The van der Waals surface area contributed by atoms with Crippen LogP contribution in [0.25, 0.3) is 0 Å². The van der Waals surface area contributed by atoms with E-state index >= 15 is 0 Å². The van der Waals surface area contributed by atoms with Crippen molar-refractivity contribution in [3.63, 3.8) is 0 Å². The van der Waals surface area contributed by atoms with E-state index in [-0.39, 0.29) is 11.5 Å². The second-order valence-electron chi connectivity index (χ2n) is 5.24. The molecular formula is C14H18ClNO3. The van der Waals surface area contributed by atoms with Crippen molar-refractivity contribution < 1.29 is 14.2 Å². The second kappa shape index (κ2) is 4.46. The van der Waals surface area contributed by atoms with Gasteiger partial charge in [-0.2, -0.15) is 0 Å². The standard InChI is InChI=1S/C14H18ClNO3/c1-8(16)14(3-4-14)11-12(15)9(17-2)7-10-13(11)19-6-5-18-10/h7-8H,3-6,16H2,1-2H3. The number of hydrogen-bond acceptors (Lipinski definition) is 4. The number of ether oxygens (including phenoxy) is 3. The fraction of sp³-hybridized carbons (Fsp3) is 0.571. The molecule has 1 atom stereocenters. The van der Waals surface area contributed by atoms with E-state index in [0.717, 1.165) is 24.2 Å². The molecule has 19 heavy (non-hydrogen) atoms. The highest BCUT2D eigenvalue weighted by Crippen LogP contribution is 2.59. The molecular weight excluding hydrogens is 266 g/mol. The van der Waals surface area contributed by atoms with Crippen molar-refractivity contribution in [1.82, 2.24) is 0 Å². The van der Waals surface area contributed by atoms with Crippen LogP contribution in [0.1, 0.15) is 25.3 Å². The highest BCUT2D eigenvalue weighted by atomic mass is 35.5. The maximum atomic E-state index is 6.50. The third kappa shape index (κ3) is 1.85. The molecule has 0 bridgehead atoms. The molecule has 1 aliphatic heterocycles. The first-order valence-corrected chi connectivity index (χ1v) is 6.90. The number of hydrogen-bond donors (Lipinski definition) is 1. The van der Waals surface area contributed by atoms with Crippen LogP contribution in [0.2, 0.25) is 5.02 Å². The van der Waals surface area contributed by atoms with Crippen LogP contribution in [-0.4, -0.2) is 26.4 Å². The number of methoxy groups -OCH3 is 1. The first-order valence-electron chi connectivity index (χ1n) is 6.52. The van der Waals surface area contributed by atoms with Crippen LogP contribution in [0.3, 0.4) is 0 Å². The van der Waals surface area contributed by atoms with Crippen LogP contribution in [0.5, 0.6) is 17.2 Å². The summed E-state index contributed by atoms with van der Waals surface area (Å²) in [6.45, 7) is 3.10. The number of nitrogens with two attached hydrogens (primary N) is 1. The summed E-state index contributed by atoms with van der Waals surface area (Å²) in [5.74, 6) is 2.06. The summed E-state index contributed by atoms with van der Waals surface area (Å²) in [7, 11) is 1.60. The predicted octanol–water partition coefficient (Wildman–Crippen LogP) is 2.50. The predicted molar refractivity (Wildman–Crippen MR) is 73.6 cm³/mol. The van der Waals surface area contributed by atoms with E-state index in [1.807, 2.05) is 6.92 Å². The van der Waals surface area contributed by atoms with Crippen molar-refractivity contribution >= 4 is 11.6 Å². The van der Waals surface area contributed by atoms with Gasteiger partial charge in [-0.3, -0.25) is 0 Å². The van der Waals surface area contributed by atoms with E-state index in [0.29, 0.717) is 29.7 Å². The molecule has 0 saturated heterocycles. The molecule has 1 unspecified atom stereocenters. The Morgan fingerprint density at radius 3 is 2.63 bits per heavy atom. The lowest BCUT2D eigenvalue weighted by atomic mass is 9.88. The van der Waals surface area contributed by atoms with E-state index in [4.69, 9.17) is 31.5 Å².